The molecule has 0 unspecified atom stereocenters. The van der Waals surface area contributed by atoms with Gasteiger partial charge >= 0.3 is 0 Å². The zero-order valence-electron chi connectivity index (χ0n) is 12.8. The van der Waals surface area contributed by atoms with Crippen molar-refractivity contribution in [2.45, 2.75) is 19.3 Å². The first kappa shape index (κ1) is 13.8. The molecule has 0 aliphatic heterocycles. The topological polar surface area (TPSA) is 64.4 Å². The molecule has 1 aliphatic carbocycles. The van der Waals surface area contributed by atoms with Crippen LogP contribution in [-0.2, 0) is 12.8 Å². The van der Waals surface area contributed by atoms with Crippen LogP contribution >= 0.6 is 0 Å². The highest BCUT2D eigenvalue weighted by Crippen LogP contribution is 2.30. The molecule has 5 nitrogen and oxygen atoms in total. The summed E-state index contributed by atoms with van der Waals surface area (Å²) in [6.45, 7) is 0. The van der Waals surface area contributed by atoms with Crippen molar-refractivity contribution in [1.82, 2.24) is 5.16 Å². The first-order chi connectivity index (χ1) is 11.3. The molecule has 0 saturated carbocycles. The summed E-state index contributed by atoms with van der Waals surface area (Å²) in [5.41, 5.74) is 2.44. The number of rotatable bonds is 3. The summed E-state index contributed by atoms with van der Waals surface area (Å²) in [6, 6.07) is 11.6. The van der Waals surface area contributed by atoms with E-state index in [9.17, 15) is 4.79 Å². The van der Waals surface area contributed by atoms with Gasteiger partial charge < -0.3 is 9.26 Å². The number of nitrogens with zero attached hydrogens (tertiary/aromatic N) is 1. The predicted octanol–water partition coefficient (Wildman–Crippen LogP) is 3.58. The van der Waals surface area contributed by atoms with E-state index in [4.69, 9.17) is 9.26 Å². The summed E-state index contributed by atoms with van der Waals surface area (Å²) < 4.78 is 10.6. The second-order valence-corrected chi connectivity index (χ2v) is 5.64. The largest absolute Gasteiger partial charge is 0.496 e. The lowest BCUT2D eigenvalue weighted by Gasteiger charge is -2.10. The number of carbonyl (C=O) groups excluding carboxylic acids is 1. The Labute approximate surface area is 133 Å². The molecular formula is C18H16N2O3. The third-order valence-electron chi connectivity index (χ3n) is 4.25. The van der Waals surface area contributed by atoms with Crippen LogP contribution in [0.3, 0.4) is 0 Å². The summed E-state index contributed by atoms with van der Waals surface area (Å²) in [7, 11) is 1.56. The fourth-order valence-electron chi connectivity index (χ4n) is 3.06. The number of anilines is 1. The van der Waals surface area contributed by atoms with Crippen molar-refractivity contribution >= 4 is 22.6 Å². The number of fused-ring (bicyclic) bond motifs is 2. The smallest absolute Gasteiger partial charge is 0.261 e. The highest BCUT2D eigenvalue weighted by Gasteiger charge is 2.23. The Bertz CT molecular complexity index is 898. The Hall–Kier alpha value is -2.82. The zero-order valence-corrected chi connectivity index (χ0v) is 12.8. The lowest BCUT2D eigenvalue weighted by Crippen LogP contribution is -2.13. The summed E-state index contributed by atoms with van der Waals surface area (Å²) in [5, 5.41) is 8.86. The molecule has 1 aliphatic rings. The van der Waals surface area contributed by atoms with Crippen LogP contribution < -0.4 is 10.1 Å². The average molecular weight is 308 g/mol. The average Bonchev–Trinajstić information content (AvgIpc) is 3.18. The lowest BCUT2D eigenvalue weighted by atomic mass is 10.1. The van der Waals surface area contributed by atoms with Gasteiger partial charge in [0.1, 0.15) is 5.75 Å². The highest BCUT2D eigenvalue weighted by molar-refractivity contribution is 6.08. The number of amides is 1. The molecule has 4 rings (SSSR count). The molecule has 5 heteroatoms. The minimum Gasteiger partial charge on any atom is -0.496 e. The Balaban J connectivity index is 1.71. The Morgan fingerprint density at radius 1 is 1.22 bits per heavy atom. The fraction of sp³-hybridized carbons (Fsp3) is 0.222. The van der Waals surface area contributed by atoms with Crippen LogP contribution in [-0.4, -0.2) is 18.2 Å². The second kappa shape index (κ2) is 5.43. The Morgan fingerprint density at radius 3 is 2.78 bits per heavy atom. The van der Waals surface area contributed by atoms with Crippen LogP contribution in [0.15, 0.2) is 40.9 Å². The Morgan fingerprint density at radius 2 is 2.00 bits per heavy atom. The maximum absolute atomic E-state index is 12.7. The van der Waals surface area contributed by atoms with Gasteiger partial charge in [-0.1, -0.05) is 29.4 Å². The molecule has 23 heavy (non-hydrogen) atoms. The van der Waals surface area contributed by atoms with E-state index in [1.165, 1.54) is 0 Å². The van der Waals surface area contributed by atoms with Crippen LogP contribution in [0, 0.1) is 0 Å². The zero-order chi connectivity index (χ0) is 15.8. The van der Waals surface area contributed by atoms with Gasteiger partial charge in [0.05, 0.1) is 18.4 Å². The van der Waals surface area contributed by atoms with Crippen molar-refractivity contribution in [3.63, 3.8) is 0 Å². The first-order valence-corrected chi connectivity index (χ1v) is 7.62. The van der Waals surface area contributed by atoms with Gasteiger partial charge in [0, 0.05) is 5.56 Å². The molecule has 2 aromatic carbocycles. The van der Waals surface area contributed by atoms with Crippen LogP contribution in [0.4, 0.5) is 5.88 Å². The number of hydrogen-bond donors (Lipinski definition) is 1. The van der Waals surface area contributed by atoms with Gasteiger partial charge in [0.15, 0.2) is 0 Å². The van der Waals surface area contributed by atoms with Gasteiger partial charge in [0.25, 0.3) is 5.91 Å². The van der Waals surface area contributed by atoms with Gasteiger partial charge in [-0.05, 0) is 42.2 Å². The highest BCUT2D eigenvalue weighted by atomic mass is 16.5. The van der Waals surface area contributed by atoms with Crippen molar-refractivity contribution in [3.05, 3.63) is 53.2 Å². The number of aryl methyl sites for hydroxylation is 1. The second-order valence-electron chi connectivity index (χ2n) is 5.64. The van der Waals surface area contributed by atoms with E-state index >= 15 is 0 Å². The minimum atomic E-state index is -0.251. The van der Waals surface area contributed by atoms with E-state index in [2.05, 4.69) is 10.5 Å². The van der Waals surface area contributed by atoms with E-state index in [1.54, 1.807) is 7.11 Å². The quantitative estimate of drug-likeness (QED) is 0.803. The van der Waals surface area contributed by atoms with Gasteiger partial charge in [-0.15, -0.1) is 0 Å². The van der Waals surface area contributed by atoms with E-state index in [0.717, 1.165) is 41.3 Å². The fourth-order valence-corrected chi connectivity index (χ4v) is 3.06. The van der Waals surface area contributed by atoms with Crippen molar-refractivity contribution in [2.75, 3.05) is 12.4 Å². The summed E-state index contributed by atoms with van der Waals surface area (Å²) in [4.78, 5) is 12.7. The molecule has 0 saturated heterocycles. The number of benzene rings is 2. The summed E-state index contributed by atoms with van der Waals surface area (Å²) in [6.07, 6.45) is 2.85. The normalized spacial score (nSPS) is 13.1. The molecule has 0 spiro atoms. The number of nitrogens with one attached hydrogen (secondary N) is 1. The van der Waals surface area contributed by atoms with Gasteiger partial charge in [-0.25, -0.2) is 0 Å². The molecule has 3 aromatic rings. The SMILES string of the molecule is COc1cc2ccccc2cc1C(=O)Nc1onc2c1CCC2. The molecule has 0 atom stereocenters. The summed E-state index contributed by atoms with van der Waals surface area (Å²) >= 11 is 0. The third kappa shape index (κ3) is 2.34. The monoisotopic (exact) mass is 308 g/mol. The molecule has 1 heterocycles. The third-order valence-corrected chi connectivity index (χ3v) is 4.25. The van der Waals surface area contributed by atoms with E-state index in [0.29, 0.717) is 17.2 Å². The maximum atomic E-state index is 12.7. The van der Waals surface area contributed by atoms with Crippen LogP contribution in [0.2, 0.25) is 0 Å². The van der Waals surface area contributed by atoms with Gasteiger partial charge in [-0.2, -0.15) is 0 Å². The first-order valence-electron chi connectivity index (χ1n) is 7.62. The molecule has 1 amide bonds. The maximum Gasteiger partial charge on any atom is 0.261 e. The number of hydrogen-bond acceptors (Lipinski definition) is 4. The van der Waals surface area contributed by atoms with E-state index in [1.807, 2.05) is 36.4 Å². The van der Waals surface area contributed by atoms with Gasteiger partial charge in [0.2, 0.25) is 5.88 Å². The van der Waals surface area contributed by atoms with Crippen molar-refractivity contribution < 1.29 is 14.1 Å². The lowest BCUT2D eigenvalue weighted by molar-refractivity contribution is 0.102. The van der Waals surface area contributed by atoms with Crippen molar-refractivity contribution in [1.29, 1.82) is 0 Å². The minimum absolute atomic E-state index is 0.251. The summed E-state index contributed by atoms with van der Waals surface area (Å²) in [5.74, 6) is 0.744. The van der Waals surface area contributed by atoms with E-state index < -0.39 is 0 Å². The van der Waals surface area contributed by atoms with Crippen molar-refractivity contribution in [2.24, 2.45) is 0 Å². The van der Waals surface area contributed by atoms with Crippen LogP contribution in [0.25, 0.3) is 10.8 Å². The van der Waals surface area contributed by atoms with Gasteiger partial charge in [-0.3, -0.25) is 10.1 Å². The van der Waals surface area contributed by atoms with Crippen molar-refractivity contribution in [3.8, 4) is 5.75 Å². The number of carbonyl (C=O) groups is 1. The molecule has 0 bridgehead atoms. The molecule has 0 radical (unpaired) electrons. The number of aromatic nitrogens is 1. The molecule has 1 N–H and O–H groups in total. The van der Waals surface area contributed by atoms with Crippen LogP contribution in [0.1, 0.15) is 28.0 Å². The number of methoxy groups -OCH3 is 1. The Kier molecular flexibility index (Phi) is 3.26. The van der Waals surface area contributed by atoms with Crippen LogP contribution in [0.5, 0.6) is 5.75 Å². The standard InChI is InChI=1S/C18H16N2O3/c1-22-16-10-12-6-3-2-5-11(12)9-14(16)17(21)19-18-13-7-4-8-15(13)20-23-18/h2-3,5-6,9-10H,4,7-8H2,1H3,(H,19,21). The molecule has 116 valence electrons. The molecule has 1 aromatic heterocycles. The van der Waals surface area contributed by atoms with E-state index in [-0.39, 0.29) is 5.91 Å². The molecule has 0 fully saturated rings. The predicted molar refractivity (Wildman–Crippen MR) is 87.0 cm³/mol. The molecular weight excluding hydrogens is 292 g/mol. The number of ether oxygens (including phenoxy) is 1.